The highest BCUT2D eigenvalue weighted by Crippen LogP contribution is 2.45. The zero-order valence-corrected chi connectivity index (χ0v) is 19.8. The van der Waals surface area contributed by atoms with Crippen molar-refractivity contribution in [1.29, 1.82) is 5.26 Å². The van der Waals surface area contributed by atoms with Gasteiger partial charge in [-0.05, 0) is 49.0 Å². The molecule has 1 unspecified atom stereocenters. The molecule has 2 aliphatic carbocycles. The number of hydrogen-bond acceptors (Lipinski definition) is 6. The first kappa shape index (κ1) is 21.4. The van der Waals surface area contributed by atoms with E-state index in [2.05, 4.69) is 42.4 Å². The Bertz CT molecular complexity index is 996. The number of amides is 1. The van der Waals surface area contributed by atoms with Crippen molar-refractivity contribution in [3.8, 4) is 6.07 Å². The zero-order chi connectivity index (χ0) is 21.5. The largest absolute Gasteiger partial charge is 0.316 e. The van der Waals surface area contributed by atoms with Crippen LogP contribution in [0.4, 0.5) is 5.00 Å². The summed E-state index contributed by atoms with van der Waals surface area (Å²) in [5, 5.41) is 22.7. The van der Waals surface area contributed by atoms with Crippen LogP contribution in [0.25, 0.3) is 0 Å². The average molecular weight is 444 g/mol. The molecule has 2 heterocycles. The van der Waals surface area contributed by atoms with E-state index < -0.39 is 0 Å². The number of carbonyl (C=O) groups is 1. The van der Waals surface area contributed by atoms with Gasteiger partial charge in [0.1, 0.15) is 16.9 Å². The number of fused-ring (bicyclic) bond motifs is 1. The Hall–Kier alpha value is -1.85. The van der Waals surface area contributed by atoms with Crippen LogP contribution in [0.3, 0.4) is 0 Å². The highest BCUT2D eigenvalue weighted by molar-refractivity contribution is 7.99. The summed E-state index contributed by atoms with van der Waals surface area (Å²) < 4.78 is 2.00. The van der Waals surface area contributed by atoms with Gasteiger partial charge < -0.3 is 9.88 Å². The number of nitrogens with one attached hydrogen (secondary N) is 1. The minimum Gasteiger partial charge on any atom is -0.316 e. The van der Waals surface area contributed by atoms with E-state index >= 15 is 0 Å². The van der Waals surface area contributed by atoms with E-state index in [9.17, 15) is 10.1 Å². The molecule has 1 atom stereocenters. The maximum absolute atomic E-state index is 12.6. The Balaban J connectivity index is 1.42. The molecule has 0 radical (unpaired) electrons. The van der Waals surface area contributed by atoms with Crippen molar-refractivity contribution >= 4 is 34.0 Å². The number of aromatic nitrogens is 3. The van der Waals surface area contributed by atoms with Crippen molar-refractivity contribution in [2.24, 2.45) is 18.4 Å². The van der Waals surface area contributed by atoms with Crippen molar-refractivity contribution < 1.29 is 4.79 Å². The van der Waals surface area contributed by atoms with Gasteiger partial charge in [0.15, 0.2) is 5.16 Å². The zero-order valence-electron chi connectivity index (χ0n) is 18.1. The lowest BCUT2D eigenvalue weighted by atomic mass is 9.69. The third-order valence-electron chi connectivity index (χ3n) is 6.79. The first-order valence-electron chi connectivity index (χ1n) is 10.7. The van der Waals surface area contributed by atoms with E-state index in [0.29, 0.717) is 27.8 Å². The number of carbonyl (C=O) groups excluding carboxylic acids is 1. The molecule has 0 aromatic carbocycles. The van der Waals surface area contributed by atoms with Crippen LogP contribution in [0, 0.1) is 22.7 Å². The van der Waals surface area contributed by atoms with Crippen molar-refractivity contribution in [2.45, 2.75) is 70.4 Å². The van der Waals surface area contributed by atoms with Gasteiger partial charge in [0.2, 0.25) is 5.91 Å². The topological polar surface area (TPSA) is 83.6 Å². The van der Waals surface area contributed by atoms with Gasteiger partial charge in [-0.3, -0.25) is 4.79 Å². The SMILES string of the molecule is CCC(C)(C)C1CCc2c(sc(NC(=O)CSc3nnc(C4CC4)n3C)c2C#N)C1. The first-order chi connectivity index (χ1) is 14.3. The molecule has 1 N–H and O–H groups in total. The Morgan fingerprint density at radius 2 is 2.13 bits per heavy atom. The summed E-state index contributed by atoms with van der Waals surface area (Å²) in [5.41, 5.74) is 2.11. The smallest absolute Gasteiger partial charge is 0.235 e. The fourth-order valence-corrected chi connectivity index (χ4v) is 6.20. The van der Waals surface area contributed by atoms with Crippen LogP contribution in [0.1, 0.15) is 74.2 Å². The van der Waals surface area contributed by atoms with Crippen molar-refractivity contribution in [3.63, 3.8) is 0 Å². The highest BCUT2D eigenvalue weighted by atomic mass is 32.2. The molecule has 2 aromatic rings. The van der Waals surface area contributed by atoms with Gasteiger partial charge in [-0.2, -0.15) is 5.26 Å². The molecule has 6 nitrogen and oxygen atoms in total. The average Bonchev–Trinajstić information content (AvgIpc) is 3.41. The second-order valence-corrected chi connectivity index (χ2v) is 11.2. The predicted octanol–water partition coefficient (Wildman–Crippen LogP) is 4.90. The van der Waals surface area contributed by atoms with Crippen LogP contribution in [0.5, 0.6) is 0 Å². The lowest BCUT2D eigenvalue weighted by Gasteiger charge is -2.36. The molecule has 2 aliphatic rings. The molecular formula is C22H29N5OS2. The number of thioether (sulfide) groups is 1. The number of nitriles is 1. The van der Waals surface area contributed by atoms with Crippen molar-refractivity contribution in [1.82, 2.24) is 14.8 Å². The molecule has 1 fully saturated rings. The van der Waals surface area contributed by atoms with Gasteiger partial charge in [0.05, 0.1) is 11.3 Å². The standard InChI is InChI=1S/C22H29N5OS2/c1-5-22(2,3)14-8-9-15-16(11-23)20(30-17(15)10-14)24-18(28)12-29-21-26-25-19(27(21)4)13-6-7-13/h13-14H,5-10,12H2,1-4H3,(H,24,28). The van der Waals surface area contributed by atoms with Crippen LogP contribution in [0.2, 0.25) is 0 Å². The fraction of sp³-hybridized carbons (Fsp3) is 0.636. The lowest BCUT2D eigenvalue weighted by molar-refractivity contribution is -0.113. The monoisotopic (exact) mass is 443 g/mol. The maximum atomic E-state index is 12.6. The minimum atomic E-state index is -0.100. The molecule has 8 heteroatoms. The van der Waals surface area contributed by atoms with Gasteiger partial charge in [0.25, 0.3) is 0 Å². The summed E-state index contributed by atoms with van der Waals surface area (Å²) in [4.78, 5) is 13.9. The van der Waals surface area contributed by atoms with Crippen molar-refractivity contribution in [2.75, 3.05) is 11.1 Å². The van der Waals surface area contributed by atoms with Gasteiger partial charge in [-0.25, -0.2) is 0 Å². The Kier molecular flexibility index (Phi) is 5.95. The van der Waals surface area contributed by atoms with Gasteiger partial charge in [0, 0.05) is 17.8 Å². The highest BCUT2D eigenvalue weighted by Gasteiger charge is 2.34. The fourth-order valence-electron chi connectivity index (χ4n) is 4.19. The molecule has 0 spiro atoms. The molecule has 1 saturated carbocycles. The van der Waals surface area contributed by atoms with E-state index in [-0.39, 0.29) is 11.7 Å². The lowest BCUT2D eigenvalue weighted by Crippen LogP contribution is -2.28. The summed E-state index contributed by atoms with van der Waals surface area (Å²) in [6.45, 7) is 6.92. The Labute approximate surface area is 186 Å². The molecule has 0 bridgehead atoms. The number of anilines is 1. The van der Waals surface area contributed by atoms with E-state index in [1.165, 1.54) is 29.5 Å². The molecule has 0 aliphatic heterocycles. The number of thiophene rings is 1. The number of hydrogen-bond donors (Lipinski definition) is 1. The Morgan fingerprint density at radius 3 is 2.80 bits per heavy atom. The molecule has 4 rings (SSSR count). The van der Waals surface area contributed by atoms with Crippen LogP contribution < -0.4 is 5.32 Å². The summed E-state index contributed by atoms with van der Waals surface area (Å²) >= 11 is 2.98. The van der Waals surface area contributed by atoms with Crippen LogP contribution in [-0.2, 0) is 24.7 Å². The molecule has 160 valence electrons. The van der Waals surface area contributed by atoms with Crippen molar-refractivity contribution in [3.05, 3.63) is 21.8 Å². The second kappa shape index (κ2) is 8.35. The predicted molar refractivity (Wildman–Crippen MR) is 121 cm³/mol. The van der Waals surface area contributed by atoms with E-state index in [4.69, 9.17) is 0 Å². The number of rotatable bonds is 7. The van der Waals surface area contributed by atoms with Crippen LogP contribution >= 0.6 is 23.1 Å². The maximum Gasteiger partial charge on any atom is 0.235 e. The summed E-state index contributed by atoms with van der Waals surface area (Å²) in [5.74, 6) is 2.32. The van der Waals surface area contributed by atoms with Gasteiger partial charge in [-0.15, -0.1) is 21.5 Å². The first-order valence-corrected chi connectivity index (χ1v) is 12.5. The van der Waals surface area contributed by atoms with Gasteiger partial charge in [-0.1, -0.05) is 39.0 Å². The molecule has 2 aromatic heterocycles. The molecule has 30 heavy (non-hydrogen) atoms. The quantitative estimate of drug-likeness (QED) is 0.616. The van der Waals surface area contributed by atoms with E-state index in [1.807, 2.05) is 11.6 Å². The van der Waals surface area contributed by atoms with Crippen LogP contribution in [-0.4, -0.2) is 26.4 Å². The second-order valence-electron chi connectivity index (χ2n) is 9.11. The minimum absolute atomic E-state index is 0.100. The van der Waals surface area contributed by atoms with E-state index in [0.717, 1.165) is 42.2 Å². The van der Waals surface area contributed by atoms with Crippen LogP contribution in [0.15, 0.2) is 5.16 Å². The summed E-state index contributed by atoms with van der Waals surface area (Å²) in [6.07, 6.45) is 6.53. The van der Waals surface area contributed by atoms with Gasteiger partial charge >= 0.3 is 0 Å². The Morgan fingerprint density at radius 1 is 1.37 bits per heavy atom. The number of nitrogens with zero attached hydrogens (tertiary/aromatic N) is 4. The molecular weight excluding hydrogens is 414 g/mol. The third-order valence-corrected chi connectivity index (χ3v) is 8.98. The van der Waals surface area contributed by atoms with E-state index in [1.54, 1.807) is 11.3 Å². The molecule has 0 saturated heterocycles. The normalized spacial score (nSPS) is 18.7. The summed E-state index contributed by atoms with van der Waals surface area (Å²) in [6, 6.07) is 2.34. The summed E-state index contributed by atoms with van der Waals surface area (Å²) in [7, 11) is 1.96. The third kappa shape index (κ3) is 4.15. The molecule has 1 amide bonds.